The molecule has 2 aromatic carbocycles. The summed E-state index contributed by atoms with van der Waals surface area (Å²) in [5, 5.41) is 4.93. The summed E-state index contributed by atoms with van der Waals surface area (Å²) in [5.41, 5.74) is 1.28. The molecule has 23 heavy (non-hydrogen) atoms. The number of thiazole rings is 1. The standard InChI is InChI=1S/C16H10F2N4S/c1-9-21-13-7-10(5-6-14(13)23-9)16-19-8-20-22(16)15-11(17)3-2-4-12(15)18/h2-8H,1H3. The number of hydrogen-bond acceptors (Lipinski definition) is 4. The van der Waals surface area contributed by atoms with Gasteiger partial charge in [-0.25, -0.2) is 23.4 Å². The molecule has 0 atom stereocenters. The van der Waals surface area contributed by atoms with E-state index in [4.69, 9.17) is 0 Å². The average Bonchev–Trinajstić information content (AvgIpc) is 3.11. The van der Waals surface area contributed by atoms with Crippen LogP contribution in [0, 0.1) is 18.6 Å². The van der Waals surface area contributed by atoms with Gasteiger partial charge in [0.1, 0.15) is 12.0 Å². The first-order chi connectivity index (χ1) is 11.1. The van der Waals surface area contributed by atoms with Gasteiger partial charge in [0.25, 0.3) is 0 Å². The molecule has 0 amide bonds. The molecule has 0 aliphatic carbocycles. The Hall–Kier alpha value is -2.67. The topological polar surface area (TPSA) is 43.6 Å². The molecule has 0 fully saturated rings. The first-order valence-corrected chi connectivity index (χ1v) is 7.67. The second-order valence-electron chi connectivity index (χ2n) is 4.98. The van der Waals surface area contributed by atoms with Crippen LogP contribution in [0.15, 0.2) is 42.7 Å². The smallest absolute Gasteiger partial charge is 0.163 e. The minimum atomic E-state index is -0.692. The van der Waals surface area contributed by atoms with Crippen LogP contribution in [0.5, 0.6) is 0 Å². The fourth-order valence-electron chi connectivity index (χ4n) is 2.48. The molecule has 0 radical (unpaired) electrons. The molecule has 0 unspecified atom stereocenters. The van der Waals surface area contributed by atoms with Crippen LogP contribution in [0.3, 0.4) is 0 Å². The SMILES string of the molecule is Cc1nc2cc(-c3ncnn3-c3c(F)cccc3F)ccc2s1. The lowest BCUT2D eigenvalue weighted by Crippen LogP contribution is -2.05. The van der Waals surface area contributed by atoms with E-state index < -0.39 is 11.6 Å². The highest BCUT2D eigenvalue weighted by Gasteiger charge is 2.17. The van der Waals surface area contributed by atoms with Crippen molar-refractivity contribution in [1.82, 2.24) is 19.7 Å². The Morgan fingerprint density at radius 2 is 1.87 bits per heavy atom. The predicted octanol–water partition coefficient (Wildman–Crippen LogP) is 4.13. The first-order valence-electron chi connectivity index (χ1n) is 6.85. The number of fused-ring (bicyclic) bond motifs is 1. The highest BCUT2D eigenvalue weighted by atomic mass is 32.1. The van der Waals surface area contributed by atoms with Gasteiger partial charge in [-0.3, -0.25) is 0 Å². The summed E-state index contributed by atoms with van der Waals surface area (Å²) in [7, 11) is 0. The van der Waals surface area contributed by atoms with Crippen LogP contribution in [0.2, 0.25) is 0 Å². The summed E-state index contributed by atoms with van der Waals surface area (Å²) in [5.74, 6) is -1.02. The van der Waals surface area contributed by atoms with E-state index in [1.165, 1.54) is 29.2 Å². The minimum absolute atomic E-state index is 0.241. The van der Waals surface area contributed by atoms with Gasteiger partial charge in [0.2, 0.25) is 0 Å². The third kappa shape index (κ3) is 2.29. The lowest BCUT2D eigenvalue weighted by Gasteiger charge is -2.08. The second kappa shape index (κ2) is 5.20. The van der Waals surface area contributed by atoms with E-state index in [0.29, 0.717) is 11.4 Å². The van der Waals surface area contributed by atoms with Gasteiger partial charge in [0.15, 0.2) is 17.5 Å². The molecule has 4 rings (SSSR count). The van der Waals surface area contributed by atoms with Gasteiger partial charge in [-0.15, -0.1) is 11.3 Å². The van der Waals surface area contributed by atoms with E-state index in [0.717, 1.165) is 15.2 Å². The van der Waals surface area contributed by atoms with Crippen LogP contribution in [0.25, 0.3) is 27.3 Å². The number of rotatable bonds is 2. The average molecular weight is 328 g/mol. The van der Waals surface area contributed by atoms with Crippen LogP contribution in [-0.2, 0) is 0 Å². The molecule has 0 spiro atoms. The summed E-state index contributed by atoms with van der Waals surface area (Å²) < 4.78 is 30.3. The van der Waals surface area contributed by atoms with E-state index in [2.05, 4.69) is 15.1 Å². The largest absolute Gasteiger partial charge is 0.241 e. The number of aryl methyl sites for hydroxylation is 1. The Labute approximate surface area is 134 Å². The van der Waals surface area contributed by atoms with Gasteiger partial charge in [0.05, 0.1) is 15.2 Å². The number of aromatic nitrogens is 4. The van der Waals surface area contributed by atoms with Crippen molar-refractivity contribution < 1.29 is 8.78 Å². The highest BCUT2D eigenvalue weighted by Crippen LogP contribution is 2.28. The second-order valence-corrected chi connectivity index (χ2v) is 6.22. The minimum Gasteiger partial charge on any atom is -0.241 e. The van der Waals surface area contributed by atoms with Crippen molar-refractivity contribution in [2.75, 3.05) is 0 Å². The fourth-order valence-corrected chi connectivity index (χ4v) is 3.28. The first kappa shape index (κ1) is 14.0. The molecule has 0 aliphatic rings. The Kier molecular flexibility index (Phi) is 3.16. The molecule has 0 saturated heterocycles. The molecule has 2 heterocycles. The lowest BCUT2D eigenvalue weighted by atomic mass is 10.2. The number of nitrogens with zero attached hydrogens (tertiary/aromatic N) is 4. The summed E-state index contributed by atoms with van der Waals surface area (Å²) >= 11 is 1.59. The van der Waals surface area contributed by atoms with Gasteiger partial charge >= 0.3 is 0 Å². The van der Waals surface area contributed by atoms with Gasteiger partial charge in [-0.05, 0) is 37.3 Å². The van der Waals surface area contributed by atoms with Crippen LogP contribution >= 0.6 is 11.3 Å². The Morgan fingerprint density at radius 1 is 1.09 bits per heavy atom. The van der Waals surface area contributed by atoms with Gasteiger partial charge in [-0.1, -0.05) is 6.07 Å². The molecule has 4 nitrogen and oxygen atoms in total. The van der Waals surface area contributed by atoms with E-state index in [1.54, 1.807) is 11.3 Å². The van der Waals surface area contributed by atoms with Gasteiger partial charge in [-0.2, -0.15) is 5.10 Å². The Balaban J connectivity index is 1.91. The molecule has 2 aromatic heterocycles. The molecule has 7 heteroatoms. The van der Waals surface area contributed by atoms with Crippen LogP contribution in [0.4, 0.5) is 8.78 Å². The normalized spacial score (nSPS) is 11.3. The van der Waals surface area contributed by atoms with E-state index in [9.17, 15) is 8.78 Å². The zero-order valence-corrected chi connectivity index (χ0v) is 12.8. The summed E-state index contributed by atoms with van der Waals surface area (Å²) in [6.07, 6.45) is 1.28. The van der Waals surface area contributed by atoms with Gasteiger partial charge in [0, 0.05) is 5.56 Å². The van der Waals surface area contributed by atoms with E-state index in [-0.39, 0.29) is 5.69 Å². The van der Waals surface area contributed by atoms with Crippen LogP contribution in [0.1, 0.15) is 5.01 Å². The summed E-state index contributed by atoms with van der Waals surface area (Å²) in [4.78, 5) is 8.59. The Bertz CT molecular complexity index is 1000. The van der Waals surface area contributed by atoms with Crippen molar-refractivity contribution in [2.45, 2.75) is 6.92 Å². The lowest BCUT2D eigenvalue weighted by molar-refractivity contribution is 0.561. The third-order valence-electron chi connectivity index (χ3n) is 3.45. The number of benzene rings is 2. The number of halogens is 2. The molecule has 4 aromatic rings. The predicted molar refractivity (Wildman–Crippen MR) is 84.6 cm³/mol. The summed E-state index contributed by atoms with van der Waals surface area (Å²) in [6, 6.07) is 9.31. The van der Waals surface area contributed by atoms with E-state index >= 15 is 0 Å². The monoisotopic (exact) mass is 328 g/mol. The maximum atomic E-state index is 14.0. The molecule has 0 saturated carbocycles. The quantitative estimate of drug-likeness (QED) is 0.556. The van der Waals surface area contributed by atoms with Crippen LogP contribution in [-0.4, -0.2) is 19.7 Å². The number of hydrogen-bond donors (Lipinski definition) is 0. The fraction of sp³-hybridized carbons (Fsp3) is 0.0625. The maximum absolute atomic E-state index is 14.0. The third-order valence-corrected chi connectivity index (χ3v) is 4.40. The summed E-state index contributed by atoms with van der Waals surface area (Å²) in [6.45, 7) is 1.93. The molecular weight excluding hydrogens is 318 g/mol. The van der Waals surface area contributed by atoms with Crippen molar-refractivity contribution in [3.8, 4) is 17.1 Å². The molecule has 0 bridgehead atoms. The molecule has 0 N–H and O–H groups in total. The maximum Gasteiger partial charge on any atom is 0.163 e. The zero-order chi connectivity index (χ0) is 16.0. The molecule has 114 valence electrons. The van der Waals surface area contributed by atoms with Crippen molar-refractivity contribution >= 4 is 21.6 Å². The Morgan fingerprint density at radius 3 is 2.65 bits per heavy atom. The van der Waals surface area contributed by atoms with Crippen LogP contribution < -0.4 is 0 Å². The number of para-hydroxylation sites is 1. The van der Waals surface area contributed by atoms with Gasteiger partial charge < -0.3 is 0 Å². The zero-order valence-electron chi connectivity index (χ0n) is 12.0. The molecule has 0 aliphatic heterocycles. The molecular formula is C16H10F2N4S. The highest BCUT2D eigenvalue weighted by molar-refractivity contribution is 7.18. The van der Waals surface area contributed by atoms with Crippen molar-refractivity contribution in [3.05, 3.63) is 59.4 Å². The van der Waals surface area contributed by atoms with Crippen molar-refractivity contribution in [1.29, 1.82) is 0 Å². The van der Waals surface area contributed by atoms with E-state index in [1.807, 2.05) is 25.1 Å². The van der Waals surface area contributed by atoms with Crippen molar-refractivity contribution in [2.24, 2.45) is 0 Å². The van der Waals surface area contributed by atoms with Crippen molar-refractivity contribution in [3.63, 3.8) is 0 Å².